The summed E-state index contributed by atoms with van der Waals surface area (Å²) in [4.78, 5) is 36.6. The van der Waals surface area contributed by atoms with Crippen molar-refractivity contribution in [1.29, 1.82) is 0 Å². The van der Waals surface area contributed by atoms with Crippen molar-refractivity contribution in [2.24, 2.45) is 0 Å². The molecule has 166 valence electrons. The Labute approximate surface area is 177 Å². The molecule has 1 aliphatic rings. The normalized spacial score (nSPS) is 13.4. The number of aryl methyl sites for hydroxylation is 1. The number of hydrogen-bond acceptors (Lipinski definition) is 8. The summed E-state index contributed by atoms with van der Waals surface area (Å²) in [6.07, 6.45) is -0.280. The third kappa shape index (κ3) is 4.42. The van der Waals surface area contributed by atoms with Gasteiger partial charge in [-0.1, -0.05) is 0 Å². The summed E-state index contributed by atoms with van der Waals surface area (Å²) in [5.41, 5.74) is -0.145. The number of ether oxygens (including phenoxy) is 4. The van der Waals surface area contributed by atoms with E-state index in [0.717, 1.165) is 4.57 Å². The zero-order valence-electron chi connectivity index (χ0n) is 17.3. The summed E-state index contributed by atoms with van der Waals surface area (Å²) in [5, 5.41) is 19.8. The van der Waals surface area contributed by atoms with Crippen molar-refractivity contribution in [2.45, 2.75) is 25.8 Å². The minimum absolute atomic E-state index is 0.129. The molecule has 3 rings (SSSR count). The Morgan fingerprint density at radius 3 is 2.55 bits per heavy atom. The summed E-state index contributed by atoms with van der Waals surface area (Å²) >= 11 is 0. The number of rotatable bonds is 7. The maximum Gasteiger partial charge on any atom is 0.323 e. The quantitative estimate of drug-likeness (QED) is 0.622. The number of fused-ring (bicyclic) bond motifs is 1. The van der Waals surface area contributed by atoms with Crippen LogP contribution in [0.1, 0.15) is 29.2 Å². The van der Waals surface area contributed by atoms with E-state index in [2.05, 4.69) is 0 Å². The topological polar surface area (TPSA) is 134 Å². The van der Waals surface area contributed by atoms with E-state index in [1.807, 2.05) is 0 Å². The first-order valence-corrected chi connectivity index (χ1v) is 9.46. The Morgan fingerprint density at radius 1 is 1.19 bits per heavy atom. The van der Waals surface area contributed by atoms with E-state index in [1.54, 1.807) is 12.1 Å². The maximum atomic E-state index is 13.2. The van der Waals surface area contributed by atoms with Crippen molar-refractivity contribution in [2.75, 3.05) is 27.4 Å². The van der Waals surface area contributed by atoms with E-state index in [0.29, 0.717) is 36.0 Å². The Hall–Kier alpha value is -3.69. The summed E-state index contributed by atoms with van der Waals surface area (Å²) in [6, 6.07) is 4.48. The number of hydrogen-bond donors (Lipinski definition) is 2. The molecule has 2 N–H and O–H groups in total. The summed E-state index contributed by atoms with van der Waals surface area (Å²) in [5.74, 6) is -2.05. The van der Waals surface area contributed by atoms with Crippen molar-refractivity contribution in [3.63, 3.8) is 0 Å². The lowest BCUT2D eigenvalue weighted by Gasteiger charge is -2.24. The molecule has 0 spiro atoms. The van der Waals surface area contributed by atoms with Gasteiger partial charge < -0.3 is 33.7 Å². The minimum atomic E-state index is -1.22. The second-order valence-electron chi connectivity index (χ2n) is 6.95. The molecule has 0 fully saturated rings. The summed E-state index contributed by atoms with van der Waals surface area (Å²) in [6.45, 7) is 1.57. The molecule has 0 radical (unpaired) electrons. The average Bonchev–Trinajstić information content (AvgIpc) is 2.74. The van der Waals surface area contributed by atoms with Crippen molar-refractivity contribution in [1.82, 2.24) is 4.57 Å². The molecule has 10 heteroatoms. The molecule has 1 aliphatic heterocycles. The number of carboxylic acids is 1. The van der Waals surface area contributed by atoms with Gasteiger partial charge >= 0.3 is 11.9 Å². The molecular weight excluding hydrogens is 410 g/mol. The number of esters is 1. The number of carbonyl (C=O) groups is 2. The molecule has 31 heavy (non-hydrogen) atoms. The third-order valence-corrected chi connectivity index (χ3v) is 5.02. The molecule has 0 amide bonds. The van der Waals surface area contributed by atoms with Gasteiger partial charge in [0, 0.05) is 11.6 Å². The number of aromatic nitrogens is 1. The monoisotopic (exact) mass is 433 g/mol. The Balaban J connectivity index is 2.23. The molecule has 10 nitrogen and oxygen atoms in total. The van der Waals surface area contributed by atoms with Gasteiger partial charge in [0.15, 0.2) is 11.5 Å². The molecule has 0 saturated carbocycles. The number of pyridine rings is 1. The van der Waals surface area contributed by atoms with E-state index >= 15 is 0 Å². The van der Waals surface area contributed by atoms with Crippen LogP contribution in [0.3, 0.4) is 0 Å². The molecule has 0 unspecified atom stereocenters. The Morgan fingerprint density at radius 2 is 1.90 bits per heavy atom. The van der Waals surface area contributed by atoms with Crippen LogP contribution >= 0.6 is 0 Å². The number of nitrogens with zero attached hydrogens (tertiary/aromatic N) is 1. The van der Waals surface area contributed by atoms with E-state index < -0.39 is 30.0 Å². The zero-order chi connectivity index (χ0) is 22.7. The van der Waals surface area contributed by atoms with Crippen LogP contribution in [-0.4, -0.2) is 54.2 Å². The standard InChI is InChI=1S/C21H23NO9/c1-11-6-14(23)19(21(27)22(11)10-17(24)25)13(9-18(26)29-3)12-7-15(28-2)20-16(8-12)30-4-5-31-20/h6-8,13,23H,4-5,9-10H2,1-3H3,(H,24,25)/t13-/m0/s1. The van der Waals surface area contributed by atoms with E-state index in [1.165, 1.54) is 27.2 Å². The molecule has 0 bridgehead atoms. The molecule has 0 aliphatic carbocycles. The number of aromatic hydroxyl groups is 1. The smallest absolute Gasteiger partial charge is 0.323 e. The highest BCUT2D eigenvalue weighted by Crippen LogP contribution is 2.44. The molecule has 1 aromatic heterocycles. The van der Waals surface area contributed by atoms with Crippen LogP contribution in [-0.2, 0) is 20.9 Å². The zero-order valence-corrected chi connectivity index (χ0v) is 17.3. The number of carboxylic acid groups (broad SMARTS) is 1. The van der Waals surface area contributed by atoms with Gasteiger partial charge in [0.25, 0.3) is 5.56 Å². The lowest BCUT2D eigenvalue weighted by molar-refractivity contribution is -0.141. The van der Waals surface area contributed by atoms with E-state index in [9.17, 15) is 24.6 Å². The molecular formula is C21H23NO9. The maximum absolute atomic E-state index is 13.2. The number of benzene rings is 1. The predicted molar refractivity (Wildman–Crippen MR) is 107 cm³/mol. The van der Waals surface area contributed by atoms with Crippen molar-refractivity contribution < 1.29 is 38.7 Å². The summed E-state index contributed by atoms with van der Waals surface area (Å²) in [7, 11) is 2.65. The van der Waals surface area contributed by atoms with Gasteiger partial charge in [0.05, 0.1) is 26.2 Å². The average molecular weight is 433 g/mol. The lowest BCUT2D eigenvalue weighted by atomic mass is 9.87. The highest BCUT2D eigenvalue weighted by Gasteiger charge is 2.30. The van der Waals surface area contributed by atoms with Crippen LogP contribution in [0.25, 0.3) is 0 Å². The molecule has 0 saturated heterocycles. The van der Waals surface area contributed by atoms with Gasteiger partial charge in [-0.05, 0) is 30.7 Å². The summed E-state index contributed by atoms with van der Waals surface area (Å²) < 4.78 is 22.4. The molecule has 2 heterocycles. The lowest BCUT2D eigenvalue weighted by Crippen LogP contribution is -2.31. The first kappa shape index (κ1) is 22.0. The predicted octanol–water partition coefficient (Wildman–Crippen LogP) is 1.42. The van der Waals surface area contributed by atoms with Gasteiger partial charge in [-0.2, -0.15) is 0 Å². The highest BCUT2D eigenvalue weighted by atomic mass is 16.6. The fourth-order valence-corrected chi connectivity index (χ4v) is 3.56. The second kappa shape index (κ2) is 8.99. The van der Waals surface area contributed by atoms with Crippen LogP contribution in [0.4, 0.5) is 0 Å². The minimum Gasteiger partial charge on any atom is -0.507 e. The van der Waals surface area contributed by atoms with Crippen LogP contribution < -0.4 is 19.8 Å². The van der Waals surface area contributed by atoms with Crippen molar-refractivity contribution >= 4 is 11.9 Å². The van der Waals surface area contributed by atoms with E-state index in [-0.39, 0.29) is 23.4 Å². The Kier molecular flexibility index (Phi) is 6.38. The van der Waals surface area contributed by atoms with Crippen molar-refractivity contribution in [3.05, 3.63) is 45.4 Å². The van der Waals surface area contributed by atoms with Crippen LogP contribution in [0.15, 0.2) is 23.0 Å². The van der Waals surface area contributed by atoms with Crippen LogP contribution in [0.2, 0.25) is 0 Å². The van der Waals surface area contributed by atoms with Crippen molar-refractivity contribution in [3.8, 4) is 23.0 Å². The number of methoxy groups -OCH3 is 2. The van der Waals surface area contributed by atoms with Crippen LogP contribution in [0.5, 0.6) is 23.0 Å². The van der Waals surface area contributed by atoms with E-state index in [4.69, 9.17) is 18.9 Å². The van der Waals surface area contributed by atoms with Gasteiger partial charge in [-0.25, -0.2) is 0 Å². The third-order valence-electron chi connectivity index (χ3n) is 5.02. The van der Waals surface area contributed by atoms with Gasteiger partial charge in [-0.3, -0.25) is 14.4 Å². The number of carbonyl (C=O) groups excluding carboxylic acids is 1. The molecule has 1 atom stereocenters. The largest absolute Gasteiger partial charge is 0.507 e. The van der Waals surface area contributed by atoms with Gasteiger partial charge in [0.2, 0.25) is 5.75 Å². The molecule has 1 aromatic carbocycles. The Bertz CT molecular complexity index is 1060. The van der Waals surface area contributed by atoms with Gasteiger partial charge in [-0.15, -0.1) is 0 Å². The SMILES string of the molecule is COC(=O)C[C@@H](c1cc(OC)c2c(c1)OCCO2)c1c(O)cc(C)n(CC(=O)O)c1=O. The molecule has 2 aromatic rings. The fraction of sp³-hybridized carbons (Fsp3) is 0.381. The fourth-order valence-electron chi connectivity index (χ4n) is 3.56. The highest BCUT2D eigenvalue weighted by molar-refractivity contribution is 5.72. The number of aliphatic carboxylic acids is 1. The first-order valence-electron chi connectivity index (χ1n) is 9.46. The first-order chi connectivity index (χ1) is 14.8. The van der Waals surface area contributed by atoms with Crippen LogP contribution in [0, 0.1) is 6.92 Å². The second-order valence-corrected chi connectivity index (χ2v) is 6.95. The van der Waals surface area contributed by atoms with Gasteiger partial charge in [0.1, 0.15) is 25.5 Å².